The molecule has 0 spiro atoms. The molecule has 0 aromatic heterocycles. The van der Waals surface area contributed by atoms with E-state index in [2.05, 4.69) is 43.8 Å². The normalized spacial score (nSPS) is 28.8. The molecule has 2 unspecified atom stereocenters. The van der Waals surface area contributed by atoms with Crippen LogP contribution in [0.4, 0.5) is 0 Å². The average Bonchev–Trinajstić information content (AvgIpc) is 2.74. The molecule has 1 aliphatic carbocycles. The Kier molecular flexibility index (Phi) is 8.45. The molecule has 150 valence electrons. The van der Waals surface area contributed by atoms with Crippen molar-refractivity contribution in [3.63, 3.8) is 0 Å². The van der Waals surface area contributed by atoms with Crippen molar-refractivity contribution in [3.8, 4) is 0 Å². The zero-order valence-electron chi connectivity index (χ0n) is 17.5. The summed E-state index contributed by atoms with van der Waals surface area (Å²) in [4.78, 5) is 0. The van der Waals surface area contributed by atoms with Crippen LogP contribution in [0.5, 0.6) is 0 Å². The van der Waals surface area contributed by atoms with Gasteiger partial charge in [-0.1, -0.05) is 50.1 Å². The summed E-state index contributed by atoms with van der Waals surface area (Å²) in [5, 5.41) is 0. The maximum Gasteiger partial charge on any atom is 0.0575 e. The maximum absolute atomic E-state index is 6.27. The molecule has 27 heavy (non-hydrogen) atoms. The molecule has 1 heteroatoms. The third kappa shape index (κ3) is 6.49. The third-order valence-corrected chi connectivity index (χ3v) is 7.01. The summed E-state index contributed by atoms with van der Waals surface area (Å²) in [6.45, 7) is 7.15. The number of hydrogen-bond donors (Lipinski definition) is 0. The van der Waals surface area contributed by atoms with E-state index in [9.17, 15) is 0 Å². The molecule has 2 atom stereocenters. The first-order valence-corrected chi connectivity index (χ1v) is 11.6. The fourth-order valence-electron chi connectivity index (χ4n) is 4.97. The number of hydrogen-bond acceptors (Lipinski definition) is 1. The number of ether oxygens (including phenoxy) is 1. The first-order valence-electron chi connectivity index (χ1n) is 11.6. The van der Waals surface area contributed by atoms with Crippen molar-refractivity contribution in [2.75, 3.05) is 6.61 Å². The SMILES string of the molecule is C=CC1CCC(CCC2CCC(c3ccc(CCCCC)cc3)CO2)CC1. The summed E-state index contributed by atoms with van der Waals surface area (Å²) in [7, 11) is 0. The van der Waals surface area contributed by atoms with Gasteiger partial charge in [-0.15, -0.1) is 6.58 Å². The van der Waals surface area contributed by atoms with Gasteiger partial charge in [0.15, 0.2) is 0 Å². The Labute approximate surface area is 167 Å². The lowest BCUT2D eigenvalue weighted by Gasteiger charge is -2.32. The lowest BCUT2D eigenvalue weighted by Crippen LogP contribution is -2.25. The molecule has 1 saturated heterocycles. The van der Waals surface area contributed by atoms with Gasteiger partial charge in [-0.2, -0.15) is 0 Å². The molecule has 1 aliphatic heterocycles. The Hall–Kier alpha value is -1.08. The summed E-state index contributed by atoms with van der Waals surface area (Å²) in [6.07, 6.45) is 18.5. The van der Waals surface area contributed by atoms with E-state index in [0.717, 1.165) is 18.4 Å². The molecular formula is C26H40O. The van der Waals surface area contributed by atoms with Crippen LogP contribution in [0.3, 0.4) is 0 Å². The van der Waals surface area contributed by atoms with Gasteiger partial charge < -0.3 is 4.74 Å². The average molecular weight is 369 g/mol. The number of unbranched alkanes of at least 4 members (excludes halogenated alkanes) is 2. The highest BCUT2D eigenvalue weighted by Crippen LogP contribution is 2.35. The van der Waals surface area contributed by atoms with Crippen molar-refractivity contribution in [3.05, 3.63) is 48.0 Å². The van der Waals surface area contributed by atoms with Gasteiger partial charge >= 0.3 is 0 Å². The van der Waals surface area contributed by atoms with Gasteiger partial charge in [0, 0.05) is 5.92 Å². The molecule has 0 radical (unpaired) electrons. The van der Waals surface area contributed by atoms with Crippen LogP contribution in [0.25, 0.3) is 0 Å². The monoisotopic (exact) mass is 368 g/mol. The number of allylic oxidation sites excluding steroid dienone is 1. The van der Waals surface area contributed by atoms with Crippen LogP contribution < -0.4 is 0 Å². The maximum atomic E-state index is 6.27. The van der Waals surface area contributed by atoms with Crippen LogP contribution in [0.15, 0.2) is 36.9 Å². The molecule has 1 aromatic rings. The van der Waals surface area contributed by atoms with Crippen LogP contribution in [-0.2, 0) is 11.2 Å². The van der Waals surface area contributed by atoms with Crippen molar-refractivity contribution >= 4 is 0 Å². The van der Waals surface area contributed by atoms with Crippen LogP contribution in [0, 0.1) is 11.8 Å². The van der Waals surface area contributed by atoms with E-state index in [1.807, 2.05) is 0 Å². The van der Waals surface area contributed by atoms with E-state index in [0.29, 0.717) is 12.0 Å². The number of aryl methyl sites for hydroxylation is 1. The van der Waals surface area contributed by atoms with E-state index in [1.54, 1.807) is 0 Å². The zero-order chi connectivity index (χ0) is 18.9. The Balaban J connectivity index is 1.35. The van der Waals surface area contributed by atoms with Crippen molar-refractivity contribution in [2.24, 2.45) is 11.8 Å². The summed E-state index contributed by atoms with van der Waals surface area (Å²) in [5.41, 5.74) is 2.98. The van der Waals surface area contributed by atoms with E-state index >= 15 is 0 Å². The van der Waals surface area contributed by atoms with Gasteiger partial charge in [0.1, 0.15) is 0 Å². The summed E-state index contributed by atoms with van der Waals surface area (Å²) in [6, 6.07) is 9.40. The molecule has 1 nitrogen and oxygen atoms in total. The van der Waals surface area contributed by atoms with Crippen LogP contribution in [0.2, 0.25) is 0 Å². The highest BCUT2D eigenvalue weighted by atomic mass is 16.5. The lowest BCUT2D eigenvalue weighted by molar-refractivity contribution is -0.00510. The van der Waals surface area contributed by atoms with Gasteiger partial charge in [-0.05, 0) is 87.2 Å². The summed E-state index contributed by atoms with van der Waals surface area (Å²) in [5.74, 6) is 2.32. The summed E-state index contributed by atoms with van der Waals surface area (Å²) >= 11 is 0. The molecular weight excluding hydrogens is 328 g/mol. The molecule has 2 aliphatic rings. The topological polar surface area (TPSA) is 9.23 Å². The second-order valence-electron chi connectivity index (χ2n) is 9.02. The highest BCUT2D eigenvalue weighted by Gasteiger charge is 2.25. The van der Waals surface area contributed by atoms with Gasteiger partial charge in [-0.25, -0.2) is 0 Å². The molecule has 1 heterocycles. The first-order chi connectivity index (χ1) is 13.3. The molecule has 2 fully saturated rings. The zero-order valence-corrected chi connectivity index (χ0v) is 17.5. The molecule has 3 rings (SSSR count). The predicted octanol–water partition coefficient (Wildman–Crippen LogP) is 7.45. The Bertz CT molecular complexity index is 530. The first kappa shape index (κ1) is 20.6. The minimum Gasteiger partial charge on any atom is -0.378 e. The van der Waals surface area contributed by atoms with Gasteiger partial charge in [0.05, 0.1) is 12.7 Å². The standard InChI is InChI=1S/C26H40O/c1-3-5-6-7-22-12-15-24(16-13-22)25-17-19-26(27-20-25)18-14-23-10-8-21(4-2)9-11-23/h4,12-13,15-16,21,23,25-26H,2-3,5-11,14,17-20H2,1H3. The molecule has 0 bridgehead atoms. The van der Waals surface area contributed by atoms with Crippen LogP contribution in [-0.4, -0.2) is 12.7 Å². The Morgan fingerprint density at radius 3 is 2.37 bits per heavy atom. The van der Waals surface area contributed by atoms with Gasteiger partial charge in [-0.3, -0.25) is 0 Å². The second-order valence-corrected chi connectivity index (χ2v) is 9.02. The number of benzene rings is 1. The quantitative estimate of drug-likeness (QED) is 0.325. The van der Waals surface area contributed by atoms with E-state index in [-0.39, 0.29) is 0 Å². The molecule has 0 amide bonds. The van der Waals surface area contributed by atoms with Crippen molar-refractivity contribution < 1.29 is 4.74 Å². The molecule has 1 aromatic carbocycles. The third-order valence-electron chi connectivity index (χ3n) is 7.01. The smallest absolute Gasteiger partial charge is 0.0575 e. The van der Waals surface area contributed by atoms with Crippen molar-refractivity contribution in [1.82, 2.24) is 0 Å². The van der Waals surface area contributed by atoms with Gasteiger partial charge in [0.25, 0.3) is 0 Å². The van der Waals surface area contributed by atoms with Crippen LogP contribution in [0.1, 0.15) is 94.6 Å². The van der Waals surface area contributed by atoms with Crippen molar-refractivity contribution in [2.45, 2.75) is 96.0 Å². The van der Waals surface area contributed by atoms with Crippen LogP contribution >= 0.6 is 0 Å². The lowest BCUT2D eigenvalue weighted by atomic mass is 9.79. The second kappa shape index (κ2) is 11.1. The Morgan fingerprint density at radius 1 is 0.963 bits per heavy atom. The number of rotatable bonds is 9. The summed E-state index contributed by atoms with van der Waals surface area (Å²) < 4.78 is 6.27. The highest BCUT2D eigenvalue weighted by molar-refractivity contribution is 5.26. The Morgan fingerprint density at radius 2 is 1.74 bits per heavy atom. The van der Waals surface area contributed by atoms with E-state index in [1.165, 1.54) is 88.2 Å². The predicted molar refractivity (Wildman–Crippen MR) is 116 cm³/mol. The molecule has 0 N–H and O–H groups in total. The van der Waals surface area contributed by atoms with Gasteiger partial charge in [0.2, 0.25) is 0 Å². The minimum absolute atomic E-state index is 0.506. The molecule has 1 saturated carbocycles. The largest absolute Gasteiger partial charge is 0.378 e. The minimum atomic E-state index is 0.506. The van der Waals surface area contributed by atoms with E-state index in [4.69, 9.17) is 4.74 Å². The fraction of sp³-hybridized carbons (Fsp3) is 0.692. The van der Waals surface area contributed by atoms with E-state index < -0.39 is 0 Å². The van der Waals surface area contributed by atoms with Crippen molar-refractivity contribution in [1.29, 1.82) is 0 Å². The fourth-order valence-corrected chi connectivity index (χ4v) is 4.97.